The van der Waals surface area contributed by atoms with Gasteiger partial charge in [-0.05, 0) is 54.7 Å². The summed E-state index contributed by atoms with van der Waals surface area (Å²) in [7, 11) is 0. The maximum absolute atomic E-state index is 14.1. The van der Waals surface area contributed by atoms with Crippen LogP contribution in [0.4, 0.5) is 4.39 Å². The minimum atomic E-state index is -0.539. The van der Waals surface area contributed by atoms with Crippen LogP contribution in [-0.4, -0.2) is 5.11 Å². The Morgan fingerprint density at radius 2 is 1.68 bits per heavy atom. The Balaban J connectivity index is 1.61. The summed E-state index contributed by atoms with van der Waals surface area (Å²) in [5, 5.41) is 9.55. The molecular weight excluding hydrogens is 311 g/mol. The van der Waals surface area contributed by atoms with Crippen molar-refractivity contribution in [2.24, 2.45) is 5.92 Å². The molecule has 1 aliphatic rings. The smallest absolute Gasteiger partial charge is 0.172 e. The second-order valence-electron chi connectivity index (χ2n) is 7.47. The zero-order valence-corrected chi connectivity index (χ0v) is 15.2. The number of halogens is 1. The van der Waals surface area contributed by atoms with E-state index in [1.165, 1.54) is 63.0 Å². The second kappa shape index (κ2) is 8.51. The molecule has 1 N–H and O–H groups in total. The summed E-state index contributed by atoms with van der Waals surface area (Å²) >= 11 is 0. The van der Waals surface area contributed by atoms with Crippen molar-refractivity contribution in [3.8, 4) is 16.9 Å². The molecule has 1 aliphatic carbocycles. The first-order chi connectivity index (χ1) is 12.2. The fourth-order valence-corrected chi connectivity index (χ4v) is 4.15. The molecule has 25 heavy (non-hydrogen) atoms. The van der Waals surface area contributed by atoms with Gasteiger partial charge in [-0.25, -0.2) is 4.39 Å². The monoisotopic (exact) mass is 340 g/mol. The van der Waals surface area contributed by atoms with Gasteiger partial charge in [0.05, 0.1) is 0 Å². The van der Waals surface area contributed by atoms with Gasteiger partial charge in [0.25, 0.3) is 0 Å². The minimum Gasteiger partial charge on any atom is -0.505 e. The quantitative estimate of drug-likeness (QED) is 0.558. The van der Waals surface area contributed by atoms with E-state index in [1.54, 1.807) is 12.1 Å². The fourth-order valence-electron chi connectivity index (χ4n) is 4.15. The molecule has 0 unspecified atom stereocenters. The molecule has 2 aromatic carbocycles. The van der Waals surface area contributed by atoms with Crippen molar-refractivity contribution in [1.82, 2.24) is 0 Å². The number of unbranched alkanes of at least 4 members (excludes halogenated alkanes) is 2. The molecule has 3 rings (SSSR count). The number of rotatable bonds is 6. The molecule has 1 nitrogen and oxygen atoms in total. The largest absolute Gasteiger partial charge is 0.505 e. The van der Waals surface area contributed by atoms with Crippen molar-refractivity contribution in [3.05, 3.63) is 53.8 Å². The van der Waals surface area contributed by atoms with E-state index in [9.17, 15) is 9.50 Å². The highest BCUT2D eigenvalue weighted by atomic mass is 19.1. The highest BCUT2D eigenvalue weighted by molar-refractivity contribution is 5.66. The molecule has 0 saturated heterocycles. The first kappa shape index (κ1) is 18.0. The van der Waals surface area contributed by atoms with E-state index in [-0.39, 0.29) is 5.75 Å². The highest BCUT2D eigenvalue weighted by Crippen LogP contribution is 2.38. The zero-order chi connectivity index (χ0) is 17.6. The lowest BCUT2D eigenvalue weighted by molar-refractivity contribution is 0.303. The van der Waals surface area contributed by atoms with Crippen molar-refractivity contribution in [3.63, 3.8) is 0 Å². The predicted octanol–water partition coefficient (Wildman–Crippen LogP) is 7.05. The van der Waals surface area contributed by atoms with Crippen LogP contribution in [0.1, 0.15) is 69.8 Å². The third-order valence-corrected chi connectivity index (χ3v) is 5.73. The van der Waals surface area contributed by atoms with Crippen LogP contribution in [0.3, 0.4) is 0 Å². The van der Waals surface area contributed by atoms with Crippen LogP contribution < -0.4 is 0 Å². The van der Waals surface area contributed by atoms with Crippen molar-refractivity contribution >= 4 is 0 Å². The van der Waals surface area contributed by atoms with Crippen LogP contribution in [0.25, 0.3) is 11.1 Å². The van der Waals surface area contributed by atoms with Crippen LogP contribution in [-0.2, 0) is 0 Å². The van der Waals surface area contributed by atoms with Gasteiger partial charge in [0, 0.05) is 5.56 Å². The number of aromatic hydroxyl groups is 1. The van der Waals surface area contributed by atoms with E-state index in [4.69, 9.17) is 0 Å². The summed E-state index contributed by atoms with van der Waals surface area (Å²) in [5.41, 5.74) is 2.66. The first-order valence-corrected chi connectivity index (χ1v) is 9.76. The maximum Gasteiger partial charge on any atom is 0.172 e. The van der Waals surface area contributed by atoms with Gasteiger partial charge in [0.2, 0.25) is 0 Å². The molecule has 2 heteroatoms. The van der Waals surface area contributed by atoms with Crippen LogP contribution in [0.5, 0.6) is 5.75 Å². The summed E-state index contributed by atoms with van der Waals surface area (Å²) < 4.78 is 14.1. The number of hydrogen-bond acceptors (Lipinski definition) is 1. The topological polar surface area (TPSA) is 20.2 Å². The average Bonchev–Trinajstić information content (AvgIpc) is 2.65. The Kier molecular flexibility index (Phi) is 6.12. The van der Waals surface area contributed by atoms with E-state index in [1.807, 2.05) is 12.1 Å². The second-order valence-corrected chi connectivity index (χ2v) is 7.47. The Bertz CT molecular complexity index is 669. The SMILES string of the molecule is CCCCCC1CCC(c2ccc(-c3cccc(O)c3F)cc2)CC1. The molecule has 0 atom stereocenters. The summed E-state index contributed by atoms with van der Waals surface area (Å²) in [6.07, 6.45) is 10.7. The van der Waals surface area contributed by atoms with Crippen LogP contribution >= 0.6 is 0 Å². The summed E-state index contributed by atoms with van der Waals surface area (Å²) in [6.45, 7) is 2.27. The van der Waals surface area contributed by atoms with Crippen molar-refractivity contribution in [2.45, 2.75) is 64.2 Å². The third-order valence-electron chi connectivity index (χ3n) is 5.73. The van der Waals surface area contributed by atoms with E-state index < -0.39 is 5.82 Å². The minimum absolute atomic E-state index is 0.289. The molecule has 0 radical (unpaired) electrons. The van der Waals surface area contributed by atoms with Gasteiger partial charge >= 0.3 is 0 Å². The van der Waals surface area contributed by atoms with E-state index in [2.05, 4.69) is 19.1 Å². The summed E-state index contributed by atoms with van der Waals surface area (Å²) in [4.78, 5) is 0. The standard InChI is InChI=1S/C23H29FO/c1-2-3-4-6-17-9-11-18(12-10-17)19-13-15-20(16-14-19)21-7-5-8-22(25)23(21)24/h5,7-8,13-18,25H,2-4,6,9-12H2,1H3. The highest BCUT2D eigenvalue weighted by Gasteiger charge is 2.22. The van der Waals surface area contributed by atoms with Crippen LogP contribution in [0.15, 0.2) is 42.5 Å². The molecular formula is C23H29FO. The maximum atomic E-state index is 14.1. The van der Waals surface area contributed by atoms with Gasteiger partial charge in [-0.1, -0.05) is 69.0 Å². The zero-order valence-electron chi connectivity index (χ0n) is 15.2. The summed E-state index contributed by atoms with van der Waals surface area (Å²) in [6, 6.07) is 13.0. The Hall–Kier alpha value is -1.83. The Labute approximate surface area is 150 Å². The molecule has 0 aromatic heterocycles. The molecule has 134 valence electrons. The van der Waals surface area contributed by atoms with Gasteiger partial charge in [-0.3, -0.25) is 0 Å². The predicted molar refractivity (Wildman–Crippen MR) is 102 cm³/mol. The van der Waals surface area contributed by atoms with Crippen LogP contribution in [0, 0.1) is 11.7 Å². The number of benzene rings is 2. The first-order valence-electron chi connectivity index (χ1n) is 9.76. The molecule has 2 aromatic rings. The summed E-state index contributed by atoms with van der Waals surface area (Å²) in [5.74, 6) is 0.736. The molecule has 0 aliphatic heterocycles. The van der Waals surface area contributed by atoms with Gasteiger partial charge < -0.3 is 5.11 Å². The van der Waals surface area contributed by atoms with Crippen molar-refractivity contribution in [1.29, 1.82) is 0 Å². The van der Waals surface area contributed by atoms with Crippen LogP contribution in [0.2, 0.25) is 0 Å². The number of hydrogen-bond donors (Lipinski definition) is 1. The van der Waals surface area contributed by atoms with Crippen molar-refractivity contribution < 1.29 is 9.50 Å². The molecule has 0 bridgehead atoms. The molecule has 0 heterocycles. The third kappa shape index (κ3) is 4.42. The Morgan fingerprint density at radius 3 is 2.36 bits per heavy atom. The molecule has 0 amide bonds. The van der Waals surface area contributed by atoms with Gasteiger partial charge in [0.15, 0.2) is 11.6 Å². The van der Waals surface area contributed by atoms with E-state index >= 15 is 0 Å². The molecule has 1 fully saturated rings. The van der Waals surface area contributed by atoms with Gasteiger partial charge in [-0.15, -0.1) is 0 Å². The Morgan fingerprint density at radius 1 is 0.960 bits per heavy atom. The lowest BCUT2D eigenvalue weighted by Crippen LogP contribution is -2.13. The van der Waals surface area contributed by atoms with Crippen molar-refractivity contribution in [2.75, 3.05) is 0 Å². The van der Waals surface area contributed by atoms with E-state index in [0.29, 0.717) is 11.5 Å². The normalized spacial score (nSPS) is 20.6. The average molecular weight is 340 g/mol. The molecule has 1 saturated carbocycles. The lowest BCUT2D eigenvalue weighted by atomic mass is 9.77. The molecule has 0 spiro atoms. The number of phenols is 1. The van der Waals surface area contributed by atoms with Gasteiger partial charge in [0.1, 0.15) is 0 Å². The van der Waals surface area contributed by atoms with Gasteiger partial charge in [-0.2, -0.15) is 0 Å². The number of phenolic OH excluding ortho intramolecular Hbond substituents is 1. The lowest BCUT2D eigenvalue weighted by Gasteiger charge is -2.29. The fraction of sp³-hybridized carbons (Fsp3) is 0.478. The van der Waals surface area contributed by atoms with E-state index in [0.717, 1.165) is 11.5 Å².